The summed E-state index contributed by atoms with van der Waals surface area (Å²) >= 11 is 10.3. The average Bonchev–Trinajstić information content (AvgIpc) is 3.68. The molecule has 2 bridgehead atoms. The summed E-state index contributed by atoms with van der Waals surface area (Å²) in [7, 11) is 0. The zero-order chi connectivity index (χ0) is 34.4. The van der Waals surface area contributed by atoms with Crippen LogP contribution in [0.5, 0.6) is 0 Å². The van der Waals surface area contributed by atoms with Crippen LogP contribution in [0.1, 0.15) is 43.7 Å². The summed E-state index contributed by atoms with van der Waals surface area (Å²) in [4.78, 5) is 58.5. The van der Waals surface area contributed by atoms with Gasteiger partial charge in [0.2, 0.25) is 11.8 Å². The molecule has 12 heteroatoms. The lowest BCUT2D eigenvalue weighted by molar-refractivity contribution is -0.145. The Morgan fingerprint density at radius 3 is 2.56 bits per heavy atom. The number of likely N-dealkylation sites (tertiary alicyclic amines) is 1. The molecule has 5 rings (SSSR count). The smallest absolute Gasteiger partial charge is 0.306 e. The molecular formula is C36H41BrClN3O7. The zero-order valence-electron chi connectivity index (χ0n) is 26.6. The molecule has 3 aliphatic heterocycles. The van der Waals surface area contributed by atoms with Crippen molar-refractivity contribution in [1.29, 1.82) is 0 Å². The monoisotopic (exact) mass is 741 g/mol. The fourth-order valence-corrected chi connectivity index (χ4v) is 8.42. The van der Waals surface area contributed by atoms with Gasteiger partial charge in [-0.2, -0.15) is 0 Å². The number of benzene rings is 2. The van der Waals surface area contributed by atoms with Crippen LogP contribution in [-0.4, -0.2) is 82.6 Å². The number of nitrogens with zero attached hydrogens (tertiary/aromatic N) is 2. The lowest BCUT2D eigenvalue weighted by atomic mass is 9.70. The first-order chi connectivity index (χ1) is 23.2. The lowest BCUT2D eigenvalue weighted by Crippen LogP contribution is -2.57. The molecule has 1 unspecified atom stereocenters. The number of anilines is 1. The summed E-state index contributed by atoms with van der Waals surface area (Å²) in [5.41, 5.74) is -0.0982. The number of halogens is 2. The first kappa shape index (κ1) is 35.8. The van der Waals surface area contributed by atoms with Crippen LogP contribution < -0.4 is 10.2 Å². The molecule has 3 aliphatic rings. The molecule has 2 N–H and O–H groups in total. The van der Waals surface area contributed by atoms with Crippen molar-refractivity contribution in [2.75, 3.05) is 31.2 Å². The highest BCUT2D eigenvalue weighted by Gasteiger charge is 2.76. The molecule has 256 valence electrons. The molecule has 3 saturated heterocycles. The minimum Gasteiger partial charge on any atom is -0.463 e. The molecule has 7 atom stereocenters. The number of hydrogen-bond acceptors (Lipinski definition) is 7. The third-order valence-electron chi connectivity index (χ3n) is 9.34. The Morgan fingerprint density at radius 2 is 1.88 bits per heavy atom. The molecule has 0 saturated carbocycles. The van der Waals surface area contributed by atoms with E-state index in [9.17, 15) is 24.3 Å². The van der Waals surface area contributed by atoms with Gasteiger partial charge in [0.25, 0.3) is 5.91 Å². The second kappa shape index (κ2) is 15.8. The summed E-state index contributed by atoms with van der Waals surface area (Å²) in [6, 6.07) is 14.4. The fraction of sp³-hybridized carbons (Fsp3) is 0.444. The van der Waals surface area contributed by atoms with E-state index in [1.807, 2.05) is 30.3 Å². The molecule has 1 spiro atoms. The summed E-state index contributed by atoms with van der Waals surface area (Å²) in [5, 5.41) is 12.9. The molecule has 3 heterocycles. The molecule has 48 heavy (non-hydrogen) atoms. The van der Waals surface area contributed by atoms with Crippen LogP contribution in [0.15, 0.2) is 79.9 Å². The number of rotatable bonds is 16. The van der Waals surface area contributed by atoms with Gasteiger partial charge >= 0.3 is 5.97 Å². The second-order valence-electron chi connectivity index (χ2n) is 12.3. The summed E-state index contributed by atoms with van der Waals surface area (Å²) in [6.45, 7) is 7.64. The number of allylic oxidation sites excluding steroid dienone is 1. The van der Waals surface area contributed by atoms with E-state index >= 15 is 0 Å². The van der Waals surface area contributed by atoms with Gasteiger partial charge in [0.1, 0.15) is 18.2 Å². The van der Waals surface area contributed by atoms with Crippen molar-refractivity contribution in [2.45, 2.75) is 60.7 Å². The van der Waals surface area contributed by atoms with Crippen LogP contribution >= 0.6 is 27.5 Å². The van der Waals surface area contributed by atoms with Gasteiger partial charge in [0.05, 0.1) is 34.7 Å². The van der Waals surface area contributed by atoms with Gasteiger partial charge in [-0.3, -0.25) is 19.2 Å². The first-order valence-electron chi connectivity index (χ1n) is 16.2. The Balaban J connectivity index is 1.48. The highest BCUT2D eigenvalue weighted by Crippen LogP contribution is 2.60. The van der Waals surface area contributed by atoms with Crippen molar-refractivity contribution < 1.29 is 33.8 Å². The molecule has 2 aromatic carbocycles. The quantitative estimate of drug-likeness (QED) is 0.110. The number of fused-ring (bicyclic) bond motifs is 1. The number of amides is 3. The van der Waals surface area contributed by atoms with Crippen LogP contribution in [0.3, 0.4) is 0 Å². The molecule has 0 aliphatic carbocycles. The third kappa shape index (κ3) is 6.96. The Bertz CT molecular complexity index is 1530. The lowest BCUT2D eigenvalue weighted by Gasteiger charge is -2.37. The number of aliphatic hydroxyl groups excluding tert-OH is 1. The molecule has 0 aromatic heterocycles. The SMILES string of the molecule is C=CCCC(=O)OC[C@H](NC(=O)[C@H]1[C@@H]2O[C@@]3(CC2Br)[C@@H]1C(=O)N(CCCCO)[C@@H]3C(=O)N(CC=C)c1ccccc1Cl)c1ccccc1. The summed E-state index contributed by atoms with van der Waals surface area (Å²) in [5.74, 6) is -3.46. The van der Waals surface area contributed by atoms with E-state index in [4.69, 9.17) is 21.1 Å². The molecular weight excluding hydrogens is 702 g/mol. The Labute approximate surface area is 294 Å². The first-order valence-corrected chi connectivity index (χ1v) is 17.5. The maximum Gasteiger partial charge on any atom is 0.306 e. The van der Waals surface area contributed by atoms with Crippen LogP contribution in [0.25, 0.3) is 0 Å². The van der Waals surface area contributed by atoms with Crippen molar-refractivity contribution in [1.82, 2.24) is 10.2 Å². The Hall–Kier alpha value is -3.51. The van der Waals surface area contributed by atoms with E-state index in [1.165, 1.54) is 9.80 Å². The van der Waals surface area contributed by atoms with Crippen molar-refractivity contribution in [3.8, 4) is 0 Å². The van der Waals surface area contributed by atoms with Crippen LogP contribution in [0.2, 0.25) is 5.02 Å². The number of nitrogens with one attached hydrogen (secondary N) is 1. The maximum atomic E-state index is 14.7. The minimum absolute atomic E-state index is 0.0659. The van der Waals surface area contributed by atoms with Crippen molar-refractivity contribution in [2.24, 2.45) is 11.8 Å². The Morgan fingerprint density at radius 1 is 1.15 bits per heavy atom. The minimum atomic E-state index is -1.30. The molecule has 0 radical (unpaired) electrons. The van der Waals surface area contributed by atoms with Crippen molar-refractivity contribution in [3.05, 3.63) is 90.5 Å². The maximum absolute atomic E-state index is 14.7. The predicted octanol–water partition coefficient (Wildman–Crippen LogP) is 4.75. The number of aliphatic hydroxyl groups is 1. The number of esters is 1. The standard InChI is InChI=1S/C36H41BrClN3O7/c1-3-5-17-28(43)47-22-26(23-13-7-6-8-14-23)39-33(44)29-30-34(45)41(19-11-12-20-42)32(36(30)21-24(37)31(29)48-36)35(46)40(18-4-2)27-16-10-9-15-25(27)38/h3-4,6-10,13-16,24,26,29-32,42H,1-2,5,11-12,17-22H2,(H,39,44)/t24?,26-,29+,30-,31+,32+,36-/m0/s1. The van der Waals surface area contributed by atoms with E-state index in [1.54, 1.807) is 36.4 Å². The Kier molecular flexibility index (Phi) is 11.8. The van der Waals surface area contributed by atoms with E-state index in [0.29, 0.717) is 36.4 Å². The largest absolute Gasteiger partial charge is 0.463 e. The highest BCUT2D eigenvalue weighted by atomic mass is 79.9. The van der Waals surface area contributed by atoms with Gasteiger partial charge < -0.3 is 29.7 Å². The molecule has 3 amide bonds. The van der Waals surface area contributed by atoms with Gasteiger partial charge in [-0.05, 0) is 43.4 Å². The summed E-state index contributed by atoms with van der Waals surface area (Å²) < 4.78 is 12.2. The van der Waals surface area contributed by atoms with Crippen molar-refractivity contribution >= 4 is 56.9 Å². The van der Waals surface area contributed by atoms with Gasteiger partial charge in [-0.15, -0.1) is 13.2 Å². The van der Waals surface area contributed by atoms with Crippen LogP contribution in [0.4, 0.5) is 5.69 Å². The normalized spacial score (nSPS) is 26.1. The van der Waals surface area contributed by atoms with Gasteiger partial charge in [0, 0.05) is 30.9 Å². The third-order valence-corrected chi connectivity index (χ3v) is 10.5. The topological polar surface area (TPSA) is 125 Å². The number of ether oxygens (including phenoxy) is 2. The summed E-state index contributed by atoms with van der Waals surface area (Å²) in [6.07, 6.45) is 4.39. The number of alkyl halides is 1. The number of unbranched alkanes of at least 4 members (excludes halogenated alkanes) is 1. The van der Waals surface area contributed by atoms with E-state index in [0.717, 1.165) is 5.56 Å². The van der Waals surface area contributed by atoms with Gasteiger partial charge in [-0.25, -0.2) is 0 Å². The number of carbonyl (C=O) groups is 4. The number of carbonyl (C=O) groups excluding carboxylic acids is 4. The molecule has 10 nitrogen and oxygen atoms in total. The predicted molar refractivity (Wildman–Crippen MR) is 185 cm³/mol. The van der Waals surface area contributed by atoms with E-state index < -0.39 is 53.4 Å². The van der Waals surface area contributed by atoms with Gasteiger partial charge in [-0.1, -0.05) is 82.1 Å². The number of hydrogen-bond donors (Lipinski definition) is 2. The van der Waals surface area contributed by atoms with Crippen molar-refractivity contribution in [3.63, 3.8) is 0 Å². The average molecular weight is 743 g/mol. The zero-order valence-corrected chi connectivity index (χ0v) is 29.0. The molecule has 3 fully saturated rings. The van der Waals surface area contributed by atoms with E-state index in [2.05, 4.69) is 34.4 Å². The number of para-hydroxylation sites is 1. The van der Waals surface area contributed by atoms with Crippen LogP contribution in [0, 0.1) is 11.8 Å². The second-order valence-corrected chi connectivity index (χ2v) is 13.9. The van der Waals surface area contributed by atoms with Crippen LogP contribution in [-0.2, 0) is 28.7 Å². The highest BCUT2D eigenvalue weighted by molar-refractivity contribution is 9.09. The fourth-order valence-electron chi connectivity index (χ4n) is 7.24. The van der Waals surface area contributed by atoms with Gasteiger partial charge in [0.15, 0.2) is 0 Å². The molecule has 2 aromatic rings. The van der Waals surface area contributed by atoms with E-state index in [-0.39, 0.29) is 43.5 Å².